The summed E-state index contributed by atoms with van der Waals surface area (Å²) in [4.78, 5) is 0. The predicted octanol–water partition coefficient (Wildman–Crippen LogP) is 3.98. The van der Waals surface area contributed by atoms with Gasteiger partial charge < -0.3 is 0 Å². The van der Waals surface area contributed by atoms with E-state index in [-0.39, 0.29) is 10.0 Å². The van der Waals surface area contributed by atoms with Crippen molar-refractivity contribution < 1.29 is 0 Å². The van der Waals surface area contributed by atoms with Crippen LogP contribution in [-0.2, 0) is 0 Å². The van der Waals surface area contributed by atoms with E-state index in [1.54, 1.807) is 11.1 Å². The summed E-state index contributed by atoms with van der Waals surface area (Å²) in [5.74, 6) is 2.10. The highest BCUT2D eigenvalue weighted by Crippen LogP contribution is 2.45. The van der Waals surface area contributed by atoms with Gasteiger partial charge in [0.15, 0.2) is 0 Å². The Bertz CT molecular complexity index is 276. The summed E-state index contributed by atoms with van der Waals surface area (Å²) >= 11 is 0. The number of rotatable bonds is 2. The molecule has 0 heterocycles. The Kier molecular flexibility index (Phi) is 3.20. The van der Waals surface area contributed by atoms with Crippen LogP contribution in [0.1, 0.15) is 27.7 Å². The summed E-state index contributed by atoms with van der Waals surface area (Å²) < 4.78 is 0. The van der Waals surface area contributed by atoms with Crippen LogP contribution in [0.3, 0.4) is 0 Å². The van der Waals surface area contributed by atoms with Gasteiger partial charge in [0.1, 0.15) is 0 Å². The lowest BCUT2D eigenvalue weighted by Crippen LogP contribution is -2.12. The second-order valence-electron chi connectivity index (χ2n) is 5.43. The molecule has 0 amide bonds. The summed E-state index contributed by atoms with van der Waals surface area (Å²) in [7, 11) is -0.389. The molecule has 0 unspecified atom stereocenters. The van der Waals surface area contributed by atoms with Crippen molar-refractivity contribution in [2.75, 3.05) is 24.5 Å². The SMILES string of the molecule is CC1=C(C)C(CS(C)(C)C)C(C)=C1C. The topological polar surface area (TPSA) is 0 Å². The van der Waals surface area contributed by atoms with Gasteiger partial charge in [0.2, 0.25) is 0 Å². The van der Waals surface area contributed by atoms with Gasteiger partial charge in [-0.2, -0.15) is 0 Å². The third-order valence-corrected chi connectivity index (χ3v) is 4.79. The third-order valence-electron chi connectivity index (χ3n) is 3.46. The molecule has 82 valence electrons. The van der Waals surface area contributed by atoms with E-state index < -0.39 is 0 Å². The van der Waals surface area contributed by atoms with Gasteiger partial charge in [0.05, 0.1) is 0 Å². The molecule has 0 saturated heterocycles. The van der Waals surface area contributed by atoms with Gasteiger partial charge >= 0.3 is 0 Å². The Morgan fingerprint density at radius 1 is 0.857 bits per heavy atom. The van der Waals surface area contributed by atoms with E-state index in [1.807, 2.05) is 0 Å². The average molecular weight is 212 g/mol. The van der Waals surface area contributed by atoms with Crippen LogP contribution in [0, 0.1) is 5.92 Å². The maximum atomic E-state index is 2.41. The molecule has 0 aromatic carbocycles. The van der Waals surface area contributed by atoms with Gasteiger partial charge in [0.25, 0.3) is 0 Å². The highest BCUT2D eigenvalue weighted by atomic mass is 32.3. The fourth-order valence-corrected chi connectivity index (χ4v) is 3.69. The van der Waals surface area contributed by atoms with Crippen molar-refractivity contribution >= 4 is 10.0 Å². The van der Waals surface area contributed by atoms with Crippen LogP contribution in [-0.4, -0.2) is 24.5 Å². The summed E-state index contributed by atoms with van der Waals surface area (Å²) in [5.41, 5.74) is 6.30. The van der Waals surface area contributed by atoms with E-state index in [9.17, 15) is 0 Å². The van der Waals surface area contributed by atoms with Crippen LogP contribution in [0.4, 0.5) is 0 Å². The Hall–Kier alpha value is -0.170. The molecule has 0 radical (unpaired) electrons. The quantitative estimate of drug-likeness (QED) is 0.649. The summed E-state index contributed by atoms with van der Waals surface area (Å²) in [6, 6.07) is 0. The molecule has 0 aliphatic heterocycles. The van der Waals surface area contributed by atoms with Crippen molar-refractivity contribution in [1.82, 2.24) is 0 Å². The van der Waals surface area contributed by atoms with Crippen LogP contribution in [0.15, 0.2) is 22.3 Å². The second-order valence-corrected chi connectivity index (χ2v) is 9.94. The van der Waals surface area contributed by atoms with Gasteiger partial charge in [-0.3, -0.25) is 0 Å². The molecule has 0 aromatic rings. The zero-order valence-electron chi connectivity index (χ0n) is 10.7. The molecule has 1 rings (SSSR count). The molecule has 0 N–H and O–H groups in total. The smallest absolute Gasteiger partial charge is 0.00889 e. The maximum Gasteiger partial charge on any atom is 0.00889 e. The molecule has 0 atom stereocenters. The van der Waals surface area contributed by atoms with Crippen LogP contribution >= 0.6 is 10.0 Å². The van der Waals surface area contributed by atoms with E-state index in [0.29, 0.717) is 0 Å². The zero-order chi connectivity index (χ0) is 11.1. The highest BCUT2D eigenvalue weighted by molar-refractivity contribution is 8.32. The molecule has 0 aromatic heterocycles. The molecule has 0 nitrogen and oxygen atoms in total. The van der Waals surface area contributed by atoms with E-state index in [0.717, 1.165) is 5.92 Å². The van der Waals surface area contributed by atoms with Crippen LogP contribution in [0.5, 0.6) is 0 Å². The fraction of sp³-hybridized carbons (Fsp3) is 0.692. The Balaban J connectivity index is 2.93. The second kappa shape index (κ2) is 3.77. The first-order valence-electron chi connectivity index (χ1n) is 5.25. The number of hydrogen-bond donors (Lipinski definition) is 0. The highest BCUT2D eigenvalue weighted by Gasteiger charge is 2.26. The van der Waals surface area contributed by atoms with Gasteiger partial charge in [0, 0.05) is 5.92 Å². The zero-order valence-corrected chi connectivity index (χ0v) is 11.5. The molecule has 1 aliphatic carbocycles. The lowest BCUT2D eigenvalue weighted by molar-refractivity contribution is 0.824. The van der Waals surface area contributed by atoms with Crippen molar-refractivity contribution in [3.05, 3.63) is 22.3 Å². The largest absolute Gasteiger partial charge is 0.249 e. The van der Waals surface area contributed by atoms with Gasteiger partial charge in [-0.15, -0.1) is 0 Å². The number of allylic oxidation sites excluding steroid dienone is 4. The van der Waals surface area contributed by atoms with Crippen molar-refractivity contribution in [3.8, 4) is 0 Å². The first-order chi connectivity index (χ1) is 6.24. The minimum Gasteiger partial charge on any atom is -0.249 e. The first kappa shape index (κ1) is 11.9. The Morgan fingerprint density at radius 2 is 1.21 bits per heavy atom. The standard InChI is InChI=1S/C13H24S/c1-9-10(2)12(4)13(11(9)3)8-14(5,6)7/h13H,8H2,1-7H3. The molecule has 14 heavy (non-hydrogen) atoms. The van der Waals surface area contributed by atoms with Crippen molar-refractivity contribution in [1.29, 1.82) is 0 Å². The van der Waals surface area contributed by atoms with Gasteiger partial charge in [-0.25, -0.2) is 10.0 Å². The molecular formula is C13H24S. The molecule has 1 aliphatic rings. The molecule has 0 spiro atoms. The molecule has 0 saturated carbocycles. The van der Waals surface area contributed by atoms with Crippen molar-refractivity contribution in [3.63, 3.8) is 0 Å². The molecule has 1 heteroatoms. The van der Waals surface area contributed by atoms with Crippen molar-refractivity contribution in [2.24, 2.45) is 5.92 Å². The Labute approximate surface area is 90.8 Å². The molecule has 0 bridgehead atoms. The van der Waals surface area contributed by atoms with Crippen molar-refractivity contribution in [2.45, 2.75) is 27.7 Å². The van der Waals surface area contributed by atoms with Crippen LogP contribution in [0.25, 0.3) is 0 Å². The normalized spacial score (nSPS) is 21.1. The molecule has 0 fully saturated rings. The minimum absolute atomic E-state index is 0.389. The Morgan fingerprint density at radius 3 is 1.50 bits per heavy atom. The summed E-state index contributed by atoms with van der Waals surface area (Å²) in [6.07, 6.45) is 7.24. The van der Waals surface area contributed by atoms with E-state index in [2.05, 4.69) is 46.5 Å². The fourth-order valence-electron chi connectivity index (χ4n) is 2.19. The average Bonchev–Trinajstić information content (AvgIpc) is 2.20. The third kappa shape index (κ3) is 2.25. The lowest BCUT2D eigenvalue weighted by atomic mass is 9.99. The van der Waals surface area contributed by atoms with E-state index in [1.165, 1.54) is 16.9 Å². The minimum atomic E-state index is -0.389. The van der Waals surface area contributed by atoms with Gasteiger partial charge in [-0.05, 0) is 63.4 Å². The maximum absolute atomic E-state index is 2.41. The van der Waals surface area contributed by atoms with Crippen LogP contribution in [0.2, 0.25) is 0 Å². The van der Waals surface area contributed by atoms with E-state index >= 15 is 0 Å². The monoisotopic (exact) mass is 212 g/mol. The van der Waals surface area contributed by atoms with Gasteiger partial charge in [-0.1, -0.05) is 11.1 Å². The predicted molar refractivity (Wildman–Crippen MR) is 70.5 cm³/mol. The lowest BCUT2D eigenvalue weighted by Gasteiger charge is -2.30. The number of hydrogen-bond acceptors (Lipinski definition) is 0. The van der Waals surface area contributed by atoms with E-state index in [4.69, 9.17) is 0 Å². The molecular weight excluding hydrogens is 188 g/mol. The van der Waals surface area contributed by atoms with Crippen LogP contribution < -0.4 is 0 Å². The summed E-state index contributed by atoms with van der Waals surface area (Å²) in [5, 5.41) is 0. The first-order valence-corrected chi connectivity index (χ1v) is 8.28. The summed E-state index contributed by atoms with van der Waals surface area (Å²) in [6.45, 7) is 9.16.